The van der Waals surface area contributed by atoms with Crippen molar-refractivity contribution >= 4 is 22.0 Å². The molecule has 2 rings (SSSR count). The highest BCUT2D eigenvalue weighted by molar-refractivity contribution is 9.10. The highest BCUT2D eigenvalue weighted by Crippen LogP contribution is 2.36. The summed E-state index contributed by atoms with van der Waals surface area (Å²) in [5.41, 5.74) is 2.34. The number of aliphatic hydroxyl groups is 2. The Bertz CT molecular complexity index is 697. The van der Waals surface area contributed by atoms with Crippen LogP contribution in [0.15, 0.2) is 46.9 Å². The van der Waals surface area contributed by atoms with Crippen LogP contribution in [0.3, 0.4) is 0 Å². The number of aliphatic hydroxyl groups excluding tert-OH is 2. The Hall–Kier alpha value is -1.82. The van der Waals surface area contributed by atoms with Crippen LogP contribution in [0.4, 0.5) is 0 Å². The summed E-state index contributed by atoms with van der Waals surface area (Å²) in [6.45, 7) is -0.0450. The monoisotopic (exact) mass is 378 g/mol. The van der Waals surface area contributed by atoms with Crippen molar-refractivity contribution in [3.05, 3.63) is 63.6 Å². The zero-order valence-electron chi connectivity index (χ0n) is 13.0. The van der Waals surface area contributed by atoms with Gasteiger partial charge in [-0.2, -0.15) is 0 Å². The normalized spacial score (nSPS) is 12.4. The van der Waals surface area contributed by atoms with E-state index in [0.29, 0.717) is 17.1 Å². The maximum Gasteiger partial charge on any atom is 0.161 e. The molecule has 2 aromatic carbocycles. The van der Waals surface area contributed by atoms with Gasteiger partial charge in [0.2, 0.25) is 0 Å². The molecule has 0 fully saturated rings. The molecule has 0 amide bonds. The van der Waals surface area contributed by atoms with Crippen LogP contribution in [0.2, 0.25) is 0 Å². The fourth-order valence-electron chi connectivity index (χ4n) is 2.24. The first-order valence-electron chi connectivity index (χ1n) is 7.07. The Kier molecular flexibility index (Phi) is 6.21. The topological polar surface area (TPSA) is 58.9 Å². The SMILES string of the molecule is COc1cc(Br)c(C(O)/C=C/c2ccccc2CO)cc1OC. The van der Waals surface area contributed by atoms with Crippen molar-refractivity contribution in [3.63, 3.8) is 0 Å². The van der Waals surface area contributed by atoms with Crippen molar-refractivity contribution in [3.8, 4) is 11.5 Å². The van der Waals surface area contributed by atoms with Gasteiger partial charge in [-0.05, 0) is 23.3 Å². The highest BCUT2D eigenvalue weighted by Gasteiger charge is 2.14. The maximum atomic E-state index is 10.4. The maximum absolute atomic E-state index is 10.4. The zero-order valence-corrected chi connectivity index (χ0v) is 14.6. The van der Waals surface area contributed by atoms with Gasteiger partial charge in [-0.15, -0.1) is 0 Å². The molecule has 0 radical (unpaired) electrons. The quantitative estimate of drug-likeness (QED) is 0.804. The predicted octanol–water partition coefficient (Wildman–Crippen LogP) is 3.71. The molecule has 4 nitrogen and oxygen atoms in total. The minimum Gasteiger partial charge on any atom is -0.493 e. The van der Waals surface area contributed by atoms with Gasteiger partial charge in [0.05, 0.1) is 26.9 Å². The van der Waals surface area contributed by atoms with Gasteiger partial charge < -0.3 is 19.7 Å². The molecule has 0 saturated heterocycles. The third-order valence-electron chi connectivity index (χ3n) is 3.51. The average Bonchev–Trinajstić information content (AvgIpc) is 2.59. The van der Waals surface area contributed by atoms with Crippen molar-refractivity contribution in [2.45, 2.75) is 12.7 Å². The van der Waals surface area contributed by atoms with Gasteiger partial charge in [-0.3, -0.25) is 0 Å². The Morgan fingerprint density at radius 2 is 1.78 bits per heavy atom. The molecule has 0 aliphatic carbocycles. The van der Waals surface area contributed by atoms with Crippen LogP contribution < -0.4 is 9.47 Å². The summed E-state index contributed by atoms with van der Waals surface area (Å²) in [5.74, 6) is 1.14. The standard InChI is InChI=1S/C18H19BrO4/c1-22-17-9-14(15(19)10-18(17)23-2)16(21)8-7-12-5-3-4-6-13(12)11-20/h3-10,16,20-21H,11H2,1-2H3/b8-7+. The van der Waals surface area contributed by atoms with Crippen LogP contribution in [0.25, 0.3) is 6.08 Å². The van der Waals surface area contributed by atoms with Gasteiger partial charge in [0.25, 0.3) is 0 Å². The minimum absolute atomic E-state index is 0.0450. The lowest BCUT2D eigenvalue weighted by Gasteiger charge is -2.14. The van der Waals surface area contributed by atoms with Gasteiger partial charge in [-0.1, -0.05) is 52.3 Å². The van der Waals surface area contributed by atoms with Crippen LogP contribution in [-0.4, -0.2) is 24.4 Å². The number of halogens is 1. The molecular formula is C18H19BrO4. The number of benzene rings is 2. The summed E-state index contributed by atoms with van der Waals surface area (Å²) in [7, 11) is 3.11. The smallest absolute Gasteiger partial charge is 0.161 e. The molecule has 2 N–H and O–H groups in total. The van der Waals surface area contributed by atoms with Crippen molar-refractivity contribution < 1.29 is 19.7 Å². The fourth-order valence-corrected chi connectivity index (χ4v) is 2.79. The fraction of sp³-hybridized carbons (Fsp3) is 0.222. The van der Waals surface area contributed by atoms with Crippen LogP contribution in [0.5, 0.6) is 11.5 Å². The van der Waals surface area contributed by atoms with E-state index in [1.54, 1.807) is 38.5 Å². The Morgan fingerprint density at radius 3 is 2.43 bits per heavy atom. The van der Waals surface area contributed by atoms with Crippen LogP contribution in [0.1, 0.15) is 22.8 Å². The molecule has 0 spiro atoms. The van der Waals surface area contributed by atoms with E-state index in [1.807, 2.05) is 24.3 Å². The lowest BCUT2D eigenvalue weighted by atomic mass is 10.0. The first-order valence-corrected chi connectivity index (χ1v) is 7.86. The van der Waals surface area contributed by atoms with Gasteiger partial charge in [0, 0.05) is 10.0 Å². The summed E-state index contributed by atoms with van der Waals surface area (Å²) in [6, 6.07) is 11.0. The Morgan fingerprint density at radius 1 is 1.13 bits per heavy atom. The second-order valence-corrected chi connectivity index (χ2v) is 5.74. The second-order valence-electron chi connectivity index (χ2n) is 4.89. The summed E-state index contributed by atoms with van der Waals surface area (Å²) >= 11 is 3.44. The molecule has 1 atom stereocenters. The number of rotatable bonds is 6. The number of ether oxygens (including phenoxy) is 2. The largest absolute Gasteiger partial charge is 0.493 e. The van der Waals surface area contributed by atoms with Crippen molar-refractivity contribution in [2.24, 2.45) is 0 Å². The van der Waals surface area contributed by atoms with Crippen LogP contribution in [0, 0.1) is 0 Å². The van der Waals surface area contributed by atoms with E-state index in [-0.39, 0.29) is 6.61 Å². The molecule has 0 bridgehead atoms. The number of hydrogen-bond donors (Lipinski definition) is 2. The molecule has 0 aromatic heterocycles. The molecule has 0 heterocycles. The van der Waals surface area contributed by atoms with Crippen LogP contribution >= 0.6 is 15.9 Å². The van der Waals surface area contributed by atoms with Crippen molar-refractivity contribution in [2.75, 3.05) is 14.2 Å². The molecule has 5 heteroatoms. The first kappa shape index (κ1) is 17.5. The molecule has 0 aliphatic heterocycles. The zero-order chi connectivity index (χ0) is 16.8. The highest BCUT2D eigenvalue weighted by atomic mass is 79.9. The van der Waals surface area contributed by atoms with E-state index < -0.39 is 6.10 Å². The first-order chi connectivity index (χ1) is 11.1. The summed E-state index contributed by atoms with van der Waals surface area (Å²) in [5, 5.41) is 19.8. The van der Waals surface area contributed by atoms with Crippen molar-refractivity contribution in [1.82, 2.24) is 0 Å². The third kappa shape index (κ3) is 4.13. The Balaban J connectivity index is 2.30. The summed E-state index contributed by atoms with van der Waals surface area (Å²) in [6.07, 6.45) is 2.63. The van der Waals surface area contributed by atoms with Gasteiger partial charge in [-0.25, -0.2) is 0 Å². The molecule has 2 aromatic rings. The van der Waals surface area contributed by atoms with Gasteiger partial charge in [0.15, 0.2) is 11.5 Å². The van der Waals surface area contributed by atoms with E-state index in [4.69, 9.17) is 9.47 Å². The van der Waals surface area contributed by atoms with E-state index in [1.165, 1.54) is 0 Å². The lowest BCUT2D eigenvalue weighted by molar-refractivity contribution is 0.227. The minimum atomic E-state index is -0.823. The third-order valence-corrected chi connectivity index (χ3v) is 4.19. The molecule has 0 aliphatic rings. The predicted molar refractivity (Wildman–Crippen MR) is 93.6 cm³/mol. The number of methoxy groups -OCH3 is 2. The molecule has 23 heavy (non-hydrogen) atoms. The summed E-state index contributed by atoms with van der Waals surface area (Å²) < 4.78 is 11.2. The molecular weight excluding hydrogens is 360 g/mol. The Labute approximate surface area is 144 Å². The van der Waals surface area contributed by atoms with Crippen molar-refractivity contribution in [1.29, 1.82) is 0 Å². The number of hydrogen-bond acceptors (Lipinski definition) is 4. The van der Waals surface area contributed by atoms with E-state index in [2.05, 4.69) is 15.9 Å². The van der Waals surface area contributed by atoms with E-state index in [9.17, 15) is 10.2 Å². The second kappa shape index (κ2) is 8.15. The average molecular weight is 379 g/mol. The lowest BCUT2D eigenvalue weighted by Crippen LogP contribution is -1.98. The van der Waals surface area contributed by atoms with Crippen LogP contribution in [-0.2, 0) is 6.61 Å². The molecule has 0 saturated carbocycles. The van der Waals surface area contributed by atoms with Gasteiger partial charge in [0.1, 0.15) is 0 Å². The summed E-state index contributed by atoms with van der Waals surface area (Å²) in [4.78, 5) is 0. The van der Waals surface area contributed by atoms with E-state index in [0.717, 1.165) is 15.6 Å². The van der Waals surface area contributed by atoms with Gasteiger partial charge >= 0.3 is 0 Å². The molecule has 1 unspecified atom stereocenters. The molecule has 122 valence electrons. The van der Waals surface area contributed by atoms with E-state index >= 15 is 0 Å².